The highest BCUT2D eigenvalue weighted by Gasteiger charge is 2.60. The van der Waals surface area contributed by atoms with Crippen LogP contribution < -0.4 is 0 Å². The van der Waals surface area contributed by atoms with Gasteiger partial charge in [0.2, 0.25) is 0 Å². The lowest BCUT2D eigenvalue weighted by Crippen LogP contribution is -2.50. The summed E-state index contributed by atoms with van der Waals surface area (Å²) in [6.07, 6.45) is 14.7. The molecule has 4 aliphatic rings. The van der Waals surface area contributed by atoms with Gasteiger partial charge in [-0.15, -0.1) is 5.10 Å². The number of fused-ring (bicyclic) bond motifs is 5. The van der Waals surface area contributed by atoms with E-state index in [9.17, 15) is 5.11 Å². The molecule has 1 heterocycles. The van der Waals surface area contributed by atoms with Gasteiger partial charge in [0.25, 0.3) is 0 Å². The molecule has 4 heteroatoms. The van der Waals surface area contributed by atoms with Gasteiger partial charge in [-0.2, -0.15) is 0 Å². The van der Waals surface area contributed by atoms with Gasteiger partial charge in [-0.25, -0.2) is 4.68 Å². The van der Waals surface area contributed by atoms with Crippen molar-refractivity contribution in [1.82, 2.24) is 15.0 Å². The molecular formula is C20H29N3O. The molecule has 0 radical (unpaired) electrons. The SMILES string of the molecule is C[C@]12CC(O)C[C@@H]1CC[C@@H]1[C@@H]2CC[C@]2(C)C(n3ccnn3)=CC[C@@H]12. The summed E-state index contributed by atoms with van der Waals surface area (Å²) < 4.78 is 2.01. The second-order valence-corrected chi connectivity index (χ2v) is 9.38. The molecule has 5 rings (SSSR count). The highest BCUT2D eigenvalue weighted by molar-refractivity contribution is 5.55. The fourth-order valence-electron chi connectivity index (χ4n) is 7.40. The van der Waals surface area contributed by atoms with Gasteiger partial charge in [0.1, 0.15) is 0 Å². The van der Waals surface area contributed by atoms with Gasteiger partial charge >= 0.3 is 0 Å². The Morgan fingerprint density at radius 2 is 2.08 bits per heavy atom. The summed E-state index contributed by atoms with van der Waals surface area (Å²) in [5, 5.41) is 18.6. The van der Waals surface area contributed by atoms with Crippen LogP contribution >= 0.6 is 0 Å². The van der Waals surface area contributed by atoms with E-state index < -0.39 is 0 Å². The molecule has 0 bridgehead atoms. The summed E-state index contributed by atoms with van der Waals surface area (Å²) in [4.78, 5) is 0. The van der Waals surface area contributed by atoms with Crippen LogP contribution in [0.15, 0.2) is 18.5 Å². The van der Waals surface area contributed by atoms with Crippen molar-refractivity contribution < 1.29 is 5.11 Å². The van der Waals surface area contributed by atoms with Gasteiger partial charge in [0.05, 0.1) is 18.5 Å². The summed E-state index contributed by atoms with van der Waals surface area (Å²) in [6, 6.07) is 0. The smallest absolute Gasteiger partial charge is 0.0697 e. The van der Waals surface area contributed by atoms with E-state index in [-0.39, 0.29) is 11.5 Å². The summed E-state index contributed by atoms with van der Waals surface area (Å²) in [7, 11) is 0. The Balaban J connectivity index is 1.47. The highest BCUT2D eigenvalue weighted by Crippen LogP contribution is 2.67. The Hall–Kier alpha value is -1.16. The molecule has 24 heavy (non-hydrogen) atoms. The molecule has 0 saturated heterocycles. The normalized spacial score (nSPS) is 50.1. The Kier molecular flexibility index (Phi) is 3.11. The van der Waals surface area contributed by atoms with Crippen LogP contribution in [0.4, 0.5) is 0 Å². The third-order valence-electron chi connectivity index (χ3n) is 8.51. The molecule has 0 aromatic carbocycles. The average Bonchev–Trinajstić information content (AvgIpc) is 3.22. The zero-order valence-corrected chi connectivity index (χ0v) is 14.9. The van der Waals surface area contributed by atoms with Crippen molar-refractivity contribution in [1.29, 1.82) is 0 Å². The third kappa shape index (κ3) is 1.84. The number of aliphatic hydroxyl groups excluding tert-OH is 1. The predicted octanol–water partition coefficient (Wildman–Crippen LogP) is 3.74. The topological polar surface area (TPSA) is 50.9 Å². The Bertz CT molecular complexity index is 668. The van der Waals surface area contributed by atoms with Gasteiger partial charge in [0.15, 0.2) is 0 Å². The van der Waals surface area contributed by atoms with Crippen LogP contribution in [0.5, 0.6) is 0 Å². The van der Waals surface area contributed by atoms with Gasteiger partial charge in [-0.05, 0) is 74.0 Å². The van der Waals surface area contributed by atoms with Gasteiger partial charge in [0, 0.05) is 11.1 Å². The van der Waals surface area contributed by atoms with Crippen LogP contribution in [0, 0.1) is 34.5 Å². The first kappa shape index (κ1) is 15.1. The summed E-state index contributed by atoms with van der Waals surface area (Å²) >= 11 is 0. The monoisotopic (exact) mass is 327 g/mol. The molecule has 1 unspecified atom stereocenters. The standard InChI is InChI=1S/C20H29N3O/c1-19-8-7-17-15(4-3-13-11-14(24)12-20(13,17)2)16(19)5-6-18(19)23-10-9-21-22-23/h6,9-10,13-17,24H,3-5,7-8,11-12H2,1-2H3/t13-,14?,15-,16-,17-,19-,20-/m0/s1. The molecule has 1 N–H and O–H groups in total. The highest BCUT2D eigenvalue weighted by atomic mass is 16.3. The maximum Gasteiger partial charge on any atom is 0.0697 e. The van der Waals surface area contributed by atoms with Crippen molar-refractivity contribution in [3.05, 3.63) is 18.5 Å². The van der Waals surface area contributed by atoms with Crippen molar-refractivity contribution in [3.63, 3.8) is 0 Å². The second kappa shape index (κ2) is 4.94. The maximum absolute atomic E-state index is 10.3. The number of hydrogen-bond acceptors (Lipinski definition) is 3. The van der Waals surface area contributed by atoms with Crippen LogP contribution in [0.25, 0.3) is 5.70 Å². The molecule has 0 aliphatic heterocycles. The molecular weight excluding hydrogens is 298 g/mol. The van der Waals surface area contributed by atoms with E-state index in [4.69, 9.17) is 0 Å². The zero-order chi connectivity index (χ0) is 16.5. The third-order valence-corrected chi connectivity index (χ3v) is 8.51. The summed E-state index contributed by atoms with van der Waals surface area (Å²) in [6.45, 7) is 4.96. The van der Waals surface area contributed by atoms with Crippen molar-refractivity contribution in [2.75, 3.05) is 0 Å². The number of nitrogens with zero attached hydrogens (tertiary/aromatic N) is 3. The number of aromatic nitrogens is 3. The lowest BCUT2D eigenvalue weighted by Gasteiger charge is -2.57. The minimum atomic E-state index is -0.0560. The minimum absolute atomic E-state index is 0.0560. The number of aliphatic hydroxyl groups is 1. The lowest BCUT2D eigenvalue weighted by atomic mass is 9.48. The van der Waals surface area contributed by atoms with Gasteiger partial charge < -0.3 is 5.11 Å². The zero-order valence-electron chi connectivity index (χ0n) is 14.9. The minimum Gasteiger partial charge on any atom is -0.393 e. The molecule has 130 valence electrons. The number of hydrogen-bond donors (Lipinski definition) is 1. The molecule has 1 aromatic heterocycles. The second-order valence-electron chi connectivity index (χ2n) is 9.38. The number of allylic oxidation sites excluding steroid dienone is 2. The van der Waals surface area contributed by atoms with Crippen molar-refractivity contribution in [3.8, 4) is 0 Å². The molecule has 7 atom stereocenters. The summed E-state index contributed by atoms with van der Waals surface area (Å²) in [5.74, 6) is 3.11. The van der Waals surface area contributed by atoms with Crippen molar-refractivity contribution in [2.45, 2.75) is 64.9 Å². The predicted molar refractivity (Wildman–Crippen MR) is 92.8 cm³/mol. The molecule has 4 aliphatic carbocycles. The van der Waals surface area contributed by atoms with Crippen LogP contribution in [-0.4, -0.2) is 26.2 Å². The Labute approximate surface area is 144 Å². The molecule has 3 fully saturated rings. The fourth-order valence-corrected chi connectivity index (χ4v) is 7.40. The molecule has 0 spiro atoms. The van der Waals surface area contributed by atoms with E-state index in [2.05, 4.69) is 30.2 Å². The van der Waals surface area contributed by atoms with Crippen LogP contribution in [0.1, 0.15) is 58.8 Å². The largest absolute Gasteiger partial charge is 0.393 e. The lowest BCUT2D eigenvalue weighted by molar-refractivity contribution is -0.0668. The first-order valence-corrected chi connectivity index (χ1v) is 9.78. The van der Waals surface area contributed by atoms with Crippen LogP contribution in [0.2, 0.25) is 0 Å². The van der Waals surface area contributed by atoms with E-state index in [0.29, 0.717) is 5.41 Å². The first-order valence-electron chi connectivity index (χ1n) is 9.78. The Morgan fingerprint density at radius 3 is 2.88 bits per heavy atom. The van der Waals surface area contributed by atoms with Gasteiger partial charge in [-0.1, -0.05) is 25.1 Å². The maximum atomic E-state index is 10.3. The van der Waals surface area contributed by atoms with Crippen LogP contribution in [-0.2, 0) is 0 Å². The number of rotatable bonds is 1. The first-order chi connectivity index (χ1) is 11.5. The molecule has 1 aromatic rings. The average molecular weight is 327 g/mol. The van der Waals surface area contributed by atoms with E-state index in [0.717, 1.165) is 36.5 Å². The fraction of sp³-hybridized carbons (Fsp3) is 0.800. The quantitative estimate of drug-likeness (QED) is 0.855. The van der Waals surface area contributed by atoms with Gasteiger partial charge in [-0.3, -0.25) is 0 Å². The Morgan fingerprint density at radius 1 is 1.21 bits per heavy atom. The molecule has 0 amide bonds. The van der Waals surface area contributed by atoms with Crippen molar-refractivity contribution in [2.24, 2.45) is 34.5 Å². The molecule has 4 nitrogen and oxygen atoms in total. The summed E-state index contributed by atoms with van der Waals surface area (Å²) in [5.41, 5.74) is 2.00. The molecule has 3 saturated carbocycles. The van der Waals surface area contributed by atoms with E-state index in [1.54, 1.807) is 6.20 Å². The van der Waals surface area contributed by atoms with Crippen LogP contribution in [0.3, 0.4) is 0 Å². The van der Waals surface area contributed by atoms with E-state index >= 15 is 0 Å². The van der Waals surface area contributed by atoms with E-state index in [1.165, 1.54) is 37.8 Å². The van der Waals surface area contributed by atoms with E-state index in [1.807, 2.05) is 10.9 Å². The van der Waals surface area contributed by atoms with Crippen molar-refractivity contribution >= 4 is 5.70 Å².